The molecule has 0 spiro atoms. The van der Waals surface area contributed by atoms with E-state index >= 15 is 0 Å². The van der Waals surface area contributed by atoms with E-state index in [1.165, 1.54) is 12.0 Å². The smallest absolute Gasteiger partial charge is 0.427 e. The molecule has 13 nitrogen and oxygen atoms in total. The molecule has 2 aromatic rings. The molecule has 2 aromatic carbocycles. The number of alkyl carbamates (subject to hydrolysis) is 1. The molecule has 0 radical (unpaired) electrons. The van der Waals surface area contributed by atoms with Crippen molar-refractivity contribution in [3.05, 3.63) is 42.0 Å². The number of carbonyl (C=O) groups is 4. The molecule has 4 fully saturated rings. The Labute approximate surface area is 318 Å². The predicted molar refractivity (Wildman–Crippen MR) is 194 cm³/mol. The molecule has 3 N–H and O–H groups in total. The van der Waals surface area contributed by atoms with Crippen LogP contribution in [0.1, 0.15) is 78.7 Å². The number of ether oxygens (including phenoxy) is 3. The minimum atomic E-state index is -4.91. The van der Waals surface area contributed by atoms with Gasteiger partial charge in [0, 0.05) is 13.5 Å². The molecule has 1 heterocycles. The molecule has 3 aliphatic carbocycles. The van der Waals surface area contributed by atoms with Crippen LogP contribution in [0.25, 0.3) is 10.8 Å². The Kier molecular flexibility index (Phi) is 10.2. The fraction of sp³-hybridized carbons (Fsp3) is 0.632. The van der Waals surface area contributed by atoms with Crippen LogP contribution in [0.2, 0.25) is 0 Å². The molecule has 6 rings (SSSR count). The van der Waals surface area contributed by atoms with Crippen LogP contribution in [-0.4, -0.2) is 92.5 Å². The lowest BCUT2D eigenvalue weighted by Gasteiger charge is -2.36. The molecule has 55 heavy (non-hydrogen) atoms. The van der Waals surface area contributed by atoms with Gasteiger partial charge in [0.2, 0.25) is 27.4 Å². The summed E-state index contributed by atoms with van der Waals surface area (Å²) in [4.78, 5) is 57.3. The summed E-state index contributed by atoms with van der Waals surface area (Å²) in [6.07, 6.45) is -3.80. The van der Waals surface area contributed by atoms with Gasteiger partial charge in [0.05, 0.1) is 18.9 Å². The Morgan fingerprint density at radius 2 is 1.55 bits per heavy atom. The number of sulfonamides is 1. The zero-order valence-electron chi connectivity index (χ0n) is 32.0. The number of alkyl halides is 3. The minimum Gasteiger partial charge on any atom is -0.497 e. The number of fused-ring (bicyclic) bond motifs is 1. The maximum absolute atomic E-state index is 14.7. The summed E-state index contributed by atoms with van der Waals surface area (Å²) in [5, 5.41) is 6.16. The molecule has 5 atom stereocenters. The highest BCUT2D eigenvalue weighted by Gasteiger charge is 2.67. The summed E-state index contributed by atoms with van der Waals surface area (Å²) in [6, 6.07) is 8.17. The van der Waals surface area contributed by atoms with Crippen LogP contribution in [0.3, 0.4) is 0 Å². The first-order chi connectivity index (χ1) is 25.5. The average molecular weight is 795 g/mol. The lowest BCUT2D eigenvalue weighted by atomic mass is 9.85. The van der Waals surface area contributed by atoms with Crippen LogP contribution in [0.5, 0.6) is 5.75 Å². The standard InChI is InChI=1S/C38H49F3N4O9S/c1-34(2,3)29(42-33(49)54-35(4,5)38(39,40)41)31(47)45-20-36(53-7,24-12-10-23-17-25(52-6)13-11-22(23)16-24)19-28(45)30(46)43-37(18-27(37)21-8-9-21)32(48)44-55(50,51)26-14-15-26/h10-13,16-17,21,26-29H,8-9,14-15,18-20H2,1-7H3,(H,42,49)(H,43,46)(H,44,48)/t27-,28-,29+,36-,37+/m0/s1. The van der Waals surface area contributed by atoms with E-state index in [4.69, 9.17) is 14.2 Å². The second-order valence-electron chi connectivity index (χ2n) is 16.9. The highest BCUT2D eigenvalue weighted by Crippen LogP contribution is 2.57. The number of carbonyl (C=O) groups excluding carboxylic acids is 4. The number of hydrogen-bond donors (Lipinski definition) is 3. The number of halogens is 3. The number of nitrogens with one attached hydrogen (secondary N) is 3. The molecule has 1 aliphatic heterocycles. The highest BCUT2D eigenvalue weighted by atomic mass is 32.2. The van der Waals surface area contributed by atoms with Gasteiger partial charge in [0.25, 0.3) is 5.91 Å². The van der Waals surface area contributed by atoms with Gasteiger partial charge >= 0.3 is 12.3 Å². The number of amides is 4. The van der Waals surface area contributed by atoms with Gasteiger partial charge in [-0.2, -0.15) is 13.2 Å². The van der Waals surface area contributed by atoms with Crippen LogP contribution in [0, 0.1) is 17.3 Å². The number of nitrogens with zero attached hydrogens (tertiary/aromatic N) is 1. The number of hydrogen-bond acceptors (Lipinski definition) is 9. The summed E-state index contributed by atoms with van der Waals surface area (Å²) >= 11 is 0. The third-order valence-electron chi connectivity index (χ3n) is 11.4. The summed E-state index contributed by atoms with van der Waals surface area (Å²) in [7, 11) is -0.965. The van der Waals surface area contributed by atoms with Crippen LogP contribution < -0.4 is 20.1 Å². The first-order valence-corrected chi connectivity index (χ1v) is 19.9. The van der Waals surface area contributed by atoms with Crippen LogP contribution in [0.4, 0.5) is 18.0 Å². The number of rotatable bonds is 12. The average Bonchev–Trinajstić information content (AvgIpc) is 3.96. The van der Waals surface area contributed by atoms with Gasteiger partial charge in [0.15, 0.2) is 0 Å². The Morgan fingerprint density at radius 1 is 0.909 bits per heavy atom. The second-order valence-corrected chi connectivity index (χ2v) is 18.9. The number of likely N-dealkylation sites (tertiary alicyclic amines) is 1. The molecule has 4 amide bonds. The van der Waals surface area contributed by atoms with E-state index in [1.807, 2.05) is 24.3 Å². The van der Waals surface area contributed by atoms with E-state index in [1.54, 1.807) is 40.0 Å². The van der Waals surface area contributed by atoms with Crippen LogP contribution >= 0.6 is 0 Å². The van der Waals surface area contributed by atoms with Crippen molar-refractivity contribution < 1.29 is 55.0 Å². The minimum absolute atomic E-state index is 0.114. The SMILES string of the molecule is COc1ccc2cc([C@]3(OC)C[C@@H](C(=O)N[C@]4(C(=O)NS(=O)(=O)C5CC5)C[C@H]4C4CC4)N(C(=O)[C@@H](NC(=O)OC(C)(C)C(F)(F)F)C(C)(C)C)C3)ccc2c1. The Balaban J connectivity index is 1.35. The Hall–Kier alpha value is -4.12. The first kappa shape index (κ1) is 40.5. The molecule has 4 aliphatic rings. The van der Waals surface area contributed by atoms with Gasteiger partial charge in [0.1, 0.15) is 29.0 Å². The highest BCUT2D eigenvalue weighted by molar-refractivity contribution is 7.91. The maximum atomic E-state index is 14.7. The van der Waals surface area contributed by atoms with E-state index in [0.29, 0.717) is 38.0 Å². The summed E-state index contributed by atoms with van der Waals surface area (Å²) < 4.78 is 85.0. The summed E-state index contributed by atoms with van der Waals surface area (Å²) in [5.41, 5.74) is -6.21. The van der Waals surface area contributed by atoms with Gasteiger partial charge in [-0.05, 0) is 97.7 Å². The Morgan fingerprint density at radius 3 is 2.11 bits per heavy atom. The van der Waals surface area contributed by atoms with E-state index in [2.05, 4.69) is 15.4 Å². The van der Waals surface area contributed by atoms with Gasteiger partial charge in [-0.15, -0.1) is 0 Å². The third-order valence-corrected chi connectivity index (χ3v) is 13.3. The topological polar surface area (TPSA) is 169 Å². The van der Waals surface area contributed by atoms with E-state index in [-0.39, 0.29) is 31.2 Å². The van der Waals surface area contributed by atoms with E-state index in [9.17, 15) is 40.8 Å². The Bertz CT molecular complexity index is 1990. The summed E-state index contributed by atoms with van der Waals surface area (Å²) in [6.45, 7) is 5.94. The molecule has 302 valence electrons. The lowest BCUT2D eigenvalue weighted by molar-refractivity contribution is -0.244. The second kappa shape index (κ2) is 13.8. The maximum Gasteiger partial charge on any atom is 0.427 e. The third kappa shape index (κ3) is 7.96. The molecule has 3 saturated carbocycles. The molecule has 0 unspecified atom stereocenters. The van der Waals surface area contributed by atoms with Crippen molar-refractivity contribution in [3.63, 3.8) is 0 Å². The molecular formula is C38H49F3N4O9S. The van der Waals surface area contributed by atoms with Crippen molar-refractivity contribution in [1.82, 2.24) is 20.3 Å². The van der Waals surface area contributed by atoms with Crippen molar-refractivity contribution in [3.8, 4) is 5.75 Å². The quantitative estimate of drug-likeness (QED) is 0.277. The van der Waals surface area contributed by atoms with Crippen molar-refractivity contribution in [2.45, 2.75) is 113 Å². The van der Waals surface area contributed by atoms with E-state index < -0.39 is 79.5 Å². The first-order valence-electron chi connectivity index (χ1n) is 18.4. The zero-order valence-corrected chi connectivity index (χ0v) is 32.8. The zero-order chi connectivity index (χ0) is 40.5. The fourth-order valence-electron chi connectivity index (χ4n) is 7.50. The van der Waals surface area contributed by atoms with Gasteiger partial charge in [-0.25, -0.2) is 13.2 Å². The number of methoxy groups -OCH3 is 2. The normalized spacial score (nSPS) is 26.3. The van der Waals surface area contributed by atoms with Crippen LogP contribution in [-0.2, 0) is 39.5 Å². The number of benzene rings is 2. The monoisotopic (exact) mass is 794 g/mol. The summed E-state index contributed by atoms with van der Waals surface area (Å²) in [5.74, 6) is -1.92. The van der Waals surface area contributed by atoms with Crippen molar-refractivity contribution >= 4 is 44.6 Å². The largest absolute Gasteiger partial charge is 0.497 e. The van der Waals surface area contributed by atoms with Crippen molar-refractivity contribution in [1.29, 1.82) is 0 Å². The molecule has 0 bridgehead atoms. The molecule has 17 heteroatoms. The van der Waals surface area contributed by atoms with Crippen LogP contribution in [0.15, 0.2) is 36.4 Å². The van der Waals surface area contributed by atoms with Crippen molar-refractivity contribution in [2.24, 2.45) is 17.3 Å². The molecule has 0 aromatic heterocycles. The van der Waals surface area contributed by atoms with Gasteiger partial charge in [-0.1, -0.05) is 39.0 Å². The van der Waals surface area contributed by atoms with Gasteiger partial charge in [-0.3, -0.25) is 19.1 Å². The lowest BCUT2D eigenvalue weighted by Crippen LogP contribution is -2.60. The predicted octanol–water partition coefficient (Wildman–Crippen LogP) is 4.67. The molecular weight excluding hydrogens is 745 g/mol. The van der Waals surface area contributed by atoms with Crippen molar-refractivity contribution in [2.75, 3.05) is 20.8 Å². The fourth-order valence-corrected chi connectivity index (χ4v) is 8.86. The van der Waals surface area contributed by atoms with E-state index in [0.717, 1.165) is 23.6 Å². The van der Waals surface area contributed by atoms with Gasteiger partial charge < -0.3 is 29.7 Å². The molecule has 1 saturated heterocycles.